The molecule has 2 atom stereocenters. The third-order valence-electron chi connectivity index (χ3n) is 2.78. The third-order valence-corrected chi connectivity index (χ3v) is 3.42. The van der Waals surface area contributed by atoms with Crippen molar-refractivity contribution in [2.75, 3.05) is 0 Å². The molecule has 0 N–H and O–H groups in total. The van der Waals surface area contributed by atoms with Gasteiger partial charge in [-0.25, -0.2) is 0 Å². The maximum atomic E-state index is 11.1. The van der Waals surface area contributed by atoms with Crippen molar-refractivity contribution in [2.45, 2.75) is 24.2 Å². The lowest BCUT2D eigenvalue weighted by Crippen LogP contribution is -2.00. The Balaban J connectivity index is 2.40. The molecule has 0 aromatic heterocycles. The highest BCUT2D eigenvalue weighted by Gasteiger charge is 2.19. The molecular formula is C12H11O3S-. The SMILES string of the molecule is Cc1ccc(S(=O)[O-])cc1C1C=CC(=O)C1. The minimum absolute atomic E-state index is 0.0241. The van der Waals surface area contributed by atoms with Gasteiger partial charge in [-0.15, -0.1) is 0 Å². The van der Waals surface area contributed by atoms with Gasteiger partial charge in [0.2, 0.25) is 0 Å². The Morgan fingerprint density at radius 1 is 1.44 bits per heavy atom. The van der Waals surface area contributed by atoms with Crippen LogP contribution in [0.3, 0.4) is 0 Å². The van der Waals surface area contributed by atoms with Crippen LogP contribution in [0.5, 0.6) is 0 Å². The fourth-order valence-corrected chi connectivity index (χ4v) is 2.31. The maximum Gasteiger partial charge on any atom is 0.156 e. The zero-order valence-corrected chi connectivity index (χ0v) is 9.62. The molecule has 0 saturated heterocycles. The quantitative estimate of drug-likeness (QED) is 0.735. The van der Waals surface area contributed by atoms with Gasteiger partial charge in [-0.2, -0.15) is 0 Å². The van der Waals surface area contributed by atoms with Crippen LogP contribution in [0.25, 0.3) is 0 Å². The lowest BCUT2D eigenvalue weighted by Gasteiger charge is -2.14. The molecular weight excluding hydrogens is 224 g/mol. The summed E-state index contributed by atoms with van der Waals surface area (Å²) in [6.07, 6.45) is 3.84. The normalized spacial score (nSPS) is 21.4. The molecule has 0 aliphatic heterocycles. The number of carbonyl (C=O) groups excluding carboxylic acids is 1. The van der Waals surface area contributed by atoms with Gasteiger partial charge in [-0.1, -0.05) is 12.1 Å². The molecule has 0 amide bonds. The van der Waals surface area contributed by atoms with E-state index in [4.69, 9.17) is 0 Å². The smallest absolute Gasteiger partial charge is 0.156 e. The fraction of sp³-hybridized carbons (Fsp3) is 0.250. The van der Waals surface area contributed by atoms with Gasteiger partial charge >= 0.3 is 0 Å². The number of hydrogen-bond acceptors (Lipinski definition) is 3. The molecule has 0 saturated carbocycles. The summed E-state index contributed by atoms with van der Waals surface area (Å²) in [7, 11) is 0. The summed E-state index contributed by atoms with van der Waals surface area (Å²) in [5.41, 5.74) is 1.93. The average Bonchev–Trinajstić information content (AvgIpc) is 2.65. The fourth-order valence-electron chi connectivity index (χ4n) is 1.91. The van der Waals surface area contributed by atoms with E-state index >= 15 is 0 Å². The van der Waals surface area contributed by atoms with Crippen LogP contribution in [0.15, 0.2) is 35.2 Å². The van der Waals surface area contributed by atoms with Gasteiger partial charge in [0.15, 0.2) is 5.78 Å². The highest BCUT2D eigenvalue weighted by molar-refractivity contribution is 7.79. The van der Waals surface area contributed by atoms with Crippen LogP contribution in [0, 0.1) is 6.92 Å². The van der Waals surface area contributed by atoms with Crippen LogP contribution in [-0.4, -0.2) is 14.5 Å². The number of carbonyl (C=O) groups is 1. The lowest BCUT2D eigenvalue weighted by atomic mass is 9.94. The van der Waals surface area contributed by atoms with Gasteiger partial charge in [0.05, 0.1) is 0 Å². The second-order valence-corrected chi connectivity index (χ2v) is 4.83. The zero-order chi connectivity index (χ0) is 11.7. The minimum Gasteiger partial charge on any atom is -0.768 e. The summed E-state index contributed by atoms with van der Waals surface area (Å²) in [6.45, 7) is 1.92. The predicted octanol–water partition coefficient (Wildman–Crippen LogP) is 1.85. The van der Waals surface area contributed by atoms with Gasteiger partial charge in [-0.3, -0.25) is 9.00 Å². The van der Waals surface area contributed by atoms with Crippen LogP contribution >= 0.6 is 0 Å². The molecule has 4 heteroatoms. The largest absolute Gasteiger partial charge is 0.768 e. The van der Waals surface area contributed by atoms with Gasteiger partial charge in [0.1, 0.15) is 0 Å². The van der Waals surface area contributed by atoms with Gasteiger partial charge in [0, 0.05) is 17.2 Å². The number of rotatable bonds is 2. The van der Waals surface area contributed by atoms with Crippen LogP contribution in [0.1, 0.15) is 23.5 Å². The van der Waals surface area contributed by atoms with E-state index < -0.39 is 11.1 Å². The molecule has 0 radical (unpaired) electrons. The molecule has 0 spiro atoms. The second-order valence-electron chi connectivity index (χ2n) is 3.89. The van der Waals surface area contributed by atoms with E-state index in [9.17, 15) is 13.6 Å². The summed E-state index contributed by atoms with van der Waals surface area (Å²) in [5, 5.41) is 0. The zero-order valence-electron chi connectivity index (χ0n) is 8.80. The Hall–Kier alpha value is -1.26. The van der Waals surface area contributed by atoms with Crippen molar-refractivity contribution in [2.24, 2.45) is 0 Å². The first-order chi connectivity index (χ1) is 7.58. The summed E-state index contributed by atoms with van der Waals surface area (Å²) in [4.78, 5) is 11.4. The summed E-state index contributed by atoms with van der Waals surface area (Å²) >= 11 is -2.22. The highest BCUT2D eigenvalue weighted by Crippen LogP contribution is 2.30. The first-order valence-electron chi connectivity index (χ1n) is 4.99. The van der Waals surface area contributed by atoms with Crippen molar-refractivity contribution >= 4 is 16.9 Å². The van der Waals surface area contributed by atoms with Crippen molar-refractivity contribution in [3.05, 3.63) is 41.5 Å². The number of ketones is 1. The second kappa shape index (κ2) is 4.31. The van der Waals surface area contributed by atoms with E-state index in [2.05, 4.69) is 0 Å². The number of hydrogen-bond donors (Lipinski definition) is 0. The topological polar surface area (TPSA) is 57.2 Å². The van der Waals surface area contributed by atoms with E-state index in [1.54, 1.807) is 24.3 Å². The lowest BCUT2D eigenvalue weighted by molar-refractivity contribution is -0.114. The van der Waals surface area contributed by atoms with Crippen LogP contribution in [0.4, 0.5) is 0 Å². The number of allylic oxidation sites excluding steroid dienone is 2. The molecule has 2 unspecified atom stereocenters. The maximum absolute atomic E-state index is 11.1. The van der Waals surface area contributed by atoms with E-state index in [0.29, 0.717) is 6.42 Å². The molecule has 2 rings (SSSR count). The van der Waals surface area contributed by atoms with Crippen LogP contribution in [-0.2, 0) is 15.9 Å². The first kappa shape index (κ1) is 11.2. The number of aryl methyl sites for hydroxylation is 1. The molecule has 0 heterocycles. The van der Waals surface area contributed by atoms with Crippen molar-refractivity contribution in [3.8, 4) is 0 Å². The third kappa shape index (κ3) is 2.13. The van der Waals surface area contributed by atoms with Crippen molar-refractivity contribution < 1.29 is 13.6 Å². The Morgan fingerprint density at radius 2 is 2.19 bits per heavy atom. The van der Waals surface area contributed by atoms with E-state index in [-0.39, 0.29) is 16.6 Å². The molecule has 1 aromatic carbocycles. The van der Waals surface area contributed by atoms with Crippen molar-refractivity contribution in [3.63, 3.8) is 0 Å². The average molecular weight is 235 g/mol. The summed E-state index contributed by atoms with van der Waals surface area (Å²) in [5.74, 6) is 0.119. The van der Waals surface area contributed by atoms with E-state index in [0.717, 1.165) is 11.1 Å². The minimum atomic E-state index is -2.22. The molecule has 16 heavy (non-hydrogen) atoms. The Kier molecular flexibility index (Phi) is 3.03. The summed E-state index contributed by atoms with van der Waals surface area (Å²) < 4.78 is 21.7. The van der Waals surface area contributed by atoms with E-state index in [1.807, 2.05) is 13.0 Å². The molecule has 1 aliphatic rings. The highest BCUT2D eigenvalue weighted by atomic mass is 32.2. The van der Waals surface area contributed by atoms with Crippen LogP contribution < -0.4 is 0 Å². The van der Waals surface area contributed by atoms with Crippen molar-refractivity contribution in [1.82, 2.24) is 0 Å². The standard InChI is InChI=1S/C12H12O3S/c1-8-2-5-11(16(14)15)7-12(8)9-3-4-10(13)6-9/h2-5,7,9H,6H2,1H3,(H,14,15)/p-1. The predicted molar refractivity (Wildman–Crippen MR) is 59.9 cm³/mol. The number of benzene rings is 1. The molecule has 0 fully saturated rings. The van der Waals surface area contributed by atoms with Crippen LogP contribution in [0.2, 0.25) is 0 Å². The molecule has 1 aliphatic carbocycles. The van der Waals surface area contributed by atoms with Gasteiger partial charge < -0.3 is 4.55 Å². The van der Waals surface area contributed by atoms with E-state index in [1.165, 1.54) is 0 Å². The van der Waals surface area contributed by atoms with Gasteiger partial charge in [0.25, 0.3) is 0 Å². The Labute approximate surface area is 96.5 Å². The molecule has 3 nitrogen and oxygen atoms in total. The molecule has 84 valence electrons. The Morgan fingerprint density at radius 3 is 2.75 bits per heavy atom. The van der Waals surface area contributed by atoms with Gasteiger partial charge in [-0.05, 0) is 47.3 Å². The first-order valence-corrected chi connectivity index (χ1v) is 6.06. The molecule has 0 bridgehead atoms. The summed E-state index contributed by atoms with van der Waals surface area (Å²) in [6, 6.07) is 4.99. The van der Waals surface area contributed by atoms with Crippen molar-refractivity contribution in [1.29, 1.82) is 0 Å². The molecule has 1 aromatic rings. The Bertz CT molecular complexity index is 491. The monoisotopic (exact) mass is 235 g/mol.